The third-order valence-electron chi connectivity index (χ3n) is 4.74. The summed E-state index contributed by atoms with van der Waals surface area (Å²) < 4.78 is 5.13. The summed E-state index contributed by atoms with van der Waals surface area (Å²) in [6.45, 7) is 9.59. The van der Waals surface area contributed by atoms with Crippen molar-refractivity contribution in [2.24, 2.45) is 11.8 Å². The van der Waals surface area contributed by atoms with E-state index in [1.54, 1.807) is 6.92 Å². The number of Topliss-reactive ketones (excluding diaryl/α,β-unsaturated/α-hetero) is 1. The van der Waals surface area contributed by atoms with Crippen molar-refractivity contribution in [2.75, 3.05) is 13.2 Å². The quantitative estimate of drug-likeness (QED) is 0.330. The van der Waals surface area contributed by atoms with Gasteiger partial charge in [-0.3, -0.25) is 14.4 Å². The first kappa shape index (κ1) is 23.6. The Balaban J connectivity index is 2.51. The summed E-state index contributed by atoms with van der Waals surface area (Å²) in [5, 5.41) is 14.8. The maximum Gasteiger partial charge on any atom is 0.242 e. The molecule has 2 amide bonds. The van der Waals surface area contributed by atoms with Crippen LogP contribution in [0.15, 0.2) is 0 Å². The molecule has 1 aliphatic heterocycles. The van der Waals surface area contributed by atoms with Crippen molar-refractivity contribution in [2.45, 2.75) is 84.4 Å². The van der Waals surface area contributed by atoms with Crippen LogP contribution in [0.2, 0.25) is 0 Å². The molecule has 1 fully saturated rings. The maximum absolute atomic E-state index is 12.6. The van der Waals surface area contributed by atoms with E-state index in [1.165, 1.54) is 0 Å². The highest BCUT2D eigenvalue weighted by Crippen LogP contribution is 2.30. The number of aliphatic hydroxyl groups is 1. The van der Waals surface area contributed by atoms with Gasteiger partial charge in [0.05, 0.1) is 19.3 Å². The highest BCUT2D eigenvalue weighted by atomic mass is 16.6. The number of ether oxygens (including phenoxy) is 1. The van der Waals surface area contributed by atoms with Crippen LogP contribution in [0.3, 0.4) is 0 Å². The average Bonchev–Trinajstić information content (AvgIpc) is 3.38. The van der Waals surface area contributed by atoms with E-state index < -0.39 is 23.6 Å². The summed E-state index contributed by atoms with van der Waals surface area (Å²) in [5.74, 6) is -0.0755. The molecule has 3 N–H and O–H groups in total. The number of ketones is 1. The molecule has 3 atom stereocenters. The number of nitrogens with one attached hydrogen (secondary N) is 2. The van der Waals surface area contributed by atoms with Crippen LogP contribution < -0.4 is 10.6 Å². The van der Waals surface area contributed by atoms with Crippen molar-refractivity contribution in [3.05, 3.63) is 0 Å². The fourth-order valence-electron chi connectivity index (χ4n) is 2.93. The van der Waals surface area contributed by atoms with Crippen LogP contribution in [-0.4, -0.2) is 53.6 Å². The van der Waals surface area contributed by atoms with Crippen molar-refractivity contribution < 1.29 is 24.2 Å². The summed E-state index contributed by atoms with van der Waals surface area (Å²) in [4.78, 5) is 37.1. The molecule has 0 saturated carbocycles. The lowest BCUT2D eigenvalue weighted by molar-refractivity contribution is -0.133. The smallest absolute Gasteiger partial charge is 0.242 e. The van der Waals surface area contributed by atoms with E-state index in [9.17, 15) is 19.5 Å². The van der Waals surface area contributed by atoms with Gasteiger partial charge in [0.25, 0.3) is 0 Å². The van der Waals surface area contributed by atoms with Gasteiger partial charge in [0.1, 0.15) is 6.04 Å². The first-order chi connectivity index (χ1) is 12.6. The lowest BCUT2D eigenvalue weighted by Crippen LogP contribution is -2.53. The van der Waals surface area contributed by atoms with Crippen LogP contribution in [-0.2, 0) is 19.1 Å². The van der Waals surface area contributed by atoms with Gasteiger partial charge in [-0.1, -0.05) is 40.5 Å². The van der Waals surface area contributed by atoms with Crippen LogP contribution in [0.4, 0.5) is 0 Å². The molecule has 7 nitrogen and oxygen atoms in total. The minimum atomic E-state index is -1.17. The van der Waals surface area contributed by atoms with Gasteiger partial charge >= 0.3 is 0 Å². The number of rotatable bonds is 13. The number of epoxide rings is 1. The molecule has 7 heteroatoms. The Kier molecular flexibility index (Phi) is 9.39. The average molecular weight is 385 g/mol. The Morgan fingerprint density at radius 1 is 1.04 bits per heavy atom. The minimum absolute atomic E-state index is 0.162. The predicted octanol–water partition coefficient (Wildman–Crippen LogP) is 1.57. The van der Waals surface area contributed by atoms with E-state index in [1.807, 2.05) is 13.8 Å². The number of aliphatic hydroxyl groups excluding tert-OH is 1. The van der Waals surface area contributed by atoms with Crippen LogP contribution in [0.1, 0.15) is 66.7 Å². The Labute approximate surface area is 162 Å². The molecule has 27 heavy (non-hydrogen) atoms. The van der Waals surface area contributed by atoms with E-state index in [0.717, 1.165) is 19.3 Å². The molecule has 0 spiro atoms. The molecule has 156 valence electrons. The predicted molar refractivity (Wildman–Crippen MR) is 103 cm³/mol. The van der Waals surface area contributed by atoms with Gasteiger partial charge < -0.3 is 20.5 Å². The summed E-state index contributed by atoms with van der Waals surface area (Å²) in [6, 6.07) is -1.46. The number of amides is 2. The Morgan fingerprint density at radius 3 is 2.15 bits per heavy atom. The van der Waals surface area contributed by atoms with Crippen molar-refractivity contribution in [3.63, 3.8) is 0 Å². The monoisotopic (exact) mass is 384 g/mol. The summed E-state index contributed by atoms with van der Waals surface area (Å²) in [6.07, 6.45) is 3.70. The highest BCUT2D eigenvalue weighted by Gasteiger charge is 2.54. The van der Waals surface area contributed by atoms with Crippen LogP contribution in [0.5, 0.6) is 0 Å². The molecule has 1 rings (SSSR count). The van der Waals surface area contributed by atoms with Gasteiger partial charge in [0.2, 0.25) is 11.8 Å². The lowest BCUT2D eigenvalue weighted by atomic mass is 9.92. The number of carbonyl (C=O) groups excluding carboxylic acids is 3. The topological polar surface area (TPSA) is 108 Å². The number of hydrogen-bond donors (Lipinski definition) is 3. The second-order valence-corrected chi connectivity index (χ2v) is 8.42. The van der Waals surface area contributed by atoms with Gasteiger partial charge in [-0.25, -0.2) is 0 Å². The minimum Gasteiger partial charge on any atom is -0.393 e. The van der Waals surface area contributed by atoms with Gasteiger partial charge in [-0.2, -0.15) is 0 Å². The molecule has 0 unspecified atom stereocenters. The third kappa shape index (κ3) is 7.97. The maximum atomic E-state index is 12.6. The van der Waals surface area contributed by atoms with E-state index in [0.29, 0.717) is 18.8 Å². The molecule has 0 aliphatic carbocycles. The van der Waals surface area contributed by atoms with Crippen LogP contribution in [0, 0.1) is 11.8 Å². The van der Waals surface area contributed by atoms with E-state index in [-0.39, 0.29) is 30.8 Å². The fourth-order valence-corrected chi connectivity index (χ4v) is 2.93. The standard InChI is InChI=1S/C20H36N2O5/c1-13(2)8-6-7-9-17(24)21-15(5)19(26)22-16(10-14(3)4)18(25)20(11-23)12-27-20/h13-16,23H,6-12H2,1-5H3,(H,21,24)(H,22,26)/t15-,16-,20+/m0/s1. The molecular weight excluding hydrogens is 348 g/mol. The second kappa shape index (κ2) is 10.8. The zero-order valence-corrected chi connectivity index (χ0v) is 17.3. The number of unbranched alkanes of at least 4 members (excludes halogenated alkanes) is 1. The van der Waals surface area contributed by atoms with Gasteiger partial charge in [0.15, 0.2) is 11.4 Å². The first-order valence-corrected chi connectivity index (χ1v) is 10.00. The third-order valence-corrected chi connectivity index (χ3v) is 4.74. The number of carbonyl (C=O) groups is 3. The first-order valence-electron chi connectivity index (χ1n) is 10.00. The molecule has 1 heterocycles. The molecule has 1 aliphatic rings. The van der Waals surface area contributed by atoms with E-state index >= 15 is 0 Å². The number of hydrogen-bond acceptors (Lipinski definition) is 5. The van der Waals surface area contributed by atoms with Gasteiger partial charge in [-0.15, -0.1) is 0 Å². The van der Waals surface area contributed by atoms with Gasteiger partial charge in [0, 0.05) is 6.42 Å². The Hall–Kier alpha value is -1.47. The molecule has 0 aromatic heterocycles. The highest BCUT2D eigenvalue weighted by molar-refractivity contribution is 5.98. The molecule has 1 saturated heterocycles. The SMILES string of the molecule is CC(C)CCCCC(=O)N[C@@H](C)C(=O)N[C@@H](CC(C)C)C(=O)[C@@]1(CO)CO1. The molecule has 0 bridgehead atoms. The molecule has 0 aromatic rings. The van der Waals surface area contributed by atoms with E-state index in [2.05, 4.69) is 24.5 Å². The lowest BCUT2D eigenvalue weighted by Gasteiger charge is -2.24. The normalized spacial score (nSPS) is 21.0. The summed E-state index contributed by atoms with van der Waals surface area (Å²) >= 11 is 0. The van der Waals surface area contributed by atoms with E-state index in [4.69, 9.17) is 4.74 Å². The van der Waals surface area contributed by atoms with Crippen molar-refractivity contribution >= 4 is 17.6 Å². The second-order valence-electron chi connectivity index (χ2n) is 8.42. The zero-order chi connectivity index (χ0) is 20.6. The van der Waals surface area contributed by atoms with Crippen molar-refractivity contribution in [1.82, 2.24) is 10.6 Å². The van der Waals surface area contributed by atoms with Crippen LogP contribution >= 0.6 is 0 Å². The van der Waals surface area contributed by atoms with Crippen molar-refractivity contribution in [1.29, 1.82) is 0 Å². The largest absolute Gasteiger partial charge is 0.393 e. The Morgan fingerprint density at radius 2 is 1.67 bits per heavy atom. The molecule has 0 aromatic carbocycles. The van der Waals surface area contributed by atoms with Gasteiger partial charge in [-0.05, 0) is 31.6 Å². The summed E-state index contributed by atoms with van der Waals surface area (Å²) in [5.41, 5.74) is -1.17. The fraction of sp³-hybridized carbons (Fsp3) is 0.850. The van der Waals surface area contributed by atoms with Crippen molar-refractivity contribution in [3.8, 4) is 0 Å². The Bertz CT molecular complexity index is 515. The summed E-state index contributed by atoms with van der Waals surface area (Å²) in [7, 11) is 0. The zero-order valence-electron chi connectivity index (χ0n) is 17.3. The molecule has 0 radical (unpaired) electrons. The van der Waals surface area contributed by atoms with Crippen LogP contribution in [0.25, 0.3) is 0 Å². The molecular formula is C20H36N2O5.